The van der Waals surface area contributed by atoms with Crippen LogP contribution in [-0.4, -0.2) is 44.4 Å². The lowest BCUT2D eigenvalue weighted by Crippen LogP contribution is -2.51. The van der Waals surface area contributed by atoms with Crippen LogP contribution in [-0.2, 0) is 6.18 Å². The van der Waals surface area contributed by atoms with Crippen LogP contribution < -0.4 is 4.74 Å². The SMILES string of the molecule is CC1C(Oc2ncc(C(F)(F)F)cc2F)CCCN1C(=O)c1ccccc1-c1ncc(F)cn1. The van der Waals surface area contributed by atoms with E-state index in [2.05, 4.69) is 15.0 Å². The monoisotopic (exact) mass is 478 g/mol. The van der Waals surface area contributed by atoms with E-state index in [4.69, 9.17) is 4.74 Å². The molecule has 1 aliphatic heterocycles. The van der Waals surface area contributed by atoms with Crippen LogP contribution in [0.25, 0.3) is 11.4 Å². The number of benzene rings is 1. The van der Waals surface area contributed by atoms with Crippen LogP contribution >= 0.6 is 0 Å². The van der Waals surface area contributed by atoms with Crippen molar-refractivity contribution in [2.75, 3.05) is 6.54 Å². The fourth-order valence-corrected chi connectivity index (χ4v) is 3.83. The molecule has 4 rings (SSSR count). The standard InChI is InChI=1S/C23H19F5N4O2/c1-13-19(34-21-18(25)9-14(10-31-21)23(26,27)28)7-4-8-32(13)22(33)17-6-3-2-5-16(17)20-29-11-15(24)12-30-20/h2-3,5-6,9-13,19H,4,7-8H2,1H3. The predicted molar refractivity (Wildman–Crippen MR) is 111 cm³/mol. The topological polar surface area (TPSA) is 68.2 Å². The average Bonchev–Trinajstić information content (AvgIpc) is 2.81. The van der Waals surface area contributed by atoms with Crippen molar-refractivity contribution in [3.8, 4) is 17.3 Å². The van der Waals surface area contributed by atoms with Gasteiger partial charge in [0, 0.05) is 18.3 Å². The smallest absolute Gasteiger partial charge is 0.417 e. The molecule has 1 amide bonds. The Morgan fingerprint density at radius 2 is 1.79 bits per heavy atom. The van der Waals surface area contributed by atoms with Gasteiger partial charge >= 0.3 is 6.18 Å². The van der Waals surface area contributed by atoms with Crippen molar-refractivity contribution in [2.24, 2.45) is 0 Å². The van der Waals surface area contributed by atoms with Gasteiger partial charge in [-0.25, -0.2) is 23.7 Å². The lowest BCUT2D eigenvalue weighted by molar-refractivity contribution is -0.138. The van der Waals surface area contributed by atoms with Crippen LogP contribution in [0.4, 0.5) is 22.0 Å². The maximum absolute atomic E-state index is 14.2. The number of carbonyl (C=O) groups is 1. The number of amides is 1. The Labute approximate surface area is 191 Å². The number of rotatable bonds is 4. The quantitative estimate of drug-likeness (QED) is 0.499. The molecule has 0 N–H and O–H groups in total. The number of piperidine rings is 1. The van der Waals surface area contributed by atoms with E-state index < -0.39 is 41.4 Å². The Morgan fingerprint density at radius 1 is 1.09 bits per heavy atom. The largest absolute Gasteiger partial charge is 0.470 e. The van der Waals surface area contributed by atoms with Gasteiger partial charge in [0.1, 0.15) is 6.10 Å². The summed E-state index contributed by atoms with van der Waals surface area (Å²) in [7, 11) is 0. The number of halogens is 5. The lowest BCUT2D eigenvalue weighted by atomic mass is 9.97. The summed E-state index contributed by atoms with van der Waals surface area (Å²) < 4.78 is 71.4. The Hall–Kier alpha value is -3.63. The van der Waals surface area contributed by atoms with Gasteiger partial charge in [-0.15, -0.1) is 0 Å². The summed E-state index contributed by atoms with van der Waals surface area (Å²) in [5.74, 6) is -2.58. The fourth-order valence-electron chi connectivity index (χ4n) is 3.83. The number of pyridine rings is 1. The summed E-state index contributed by atoms with van der Waals surface area (Å²) in [5.41, 5.74) is -0.510. The third kappa shape index (κ3) is 4.82. The van der Waals surface area contributed by atoms with E-state index in [-0.39, 0.29) is 11.7 Å². The minimum absolute atomic E-state index is 0.179. The summed E-state index contributed by atoms with van der Waals surface area (Å²) in [6, 6.07) is 6.40. The van der Waals surface area contributed by atoms with Crippen LogP contribution in [0.2, 0.25) is 0 Å². The molecule has 178 valence electrons. The molecule has 11 heteroatoms. The van der Waals surface area contributed by atoms with Gasteiger partial charge in [0.2, 0.25) is 0 Å². The normalized spacial score (nSPS) is 18.6. The van der Waals surface area contributed by atoms with E-state index in [9.17, 15) is 26.7 Å². The number of ether oxygens (including phenoxy) is 1. The second-order valence-corrected chi connectivity index (χ2v) is 7.82. The Bertz CT molecular complexity index is 1190. The third-order valence-corrected chi connectivity index (χ3v) is 5.59. The van der Waals surface area contributed by atoms with E-state index >= 15 is 0 Å². The molecule has 2 unspecified atom stereocenters. The first-order valence-corrected chi connectivity index (χ1v) is 10.4. The zero-order chi connectivity index (χ0) is 24.5. The molecule has 34 heavy (non-hydrogen) atoms. The molecule has 1 fully saturated rings. The molecule has 0 saturated carbocycles. The van der Waals surface area contributed by atoms with Crippen molar-refractivity contribution in [3.63, 3.8) is 0 Å². The highest BCUT2D eigenvalue weighted by molar-refractivity contribution is 6.00. The molecule has 3 heterocycles. The highest BCUT2D eigenvalue weighted by atomic mass is 19.4. The maximum Gasteiger partial charge on any atom is 0.417 e. The summed E-state index contributed by atoms with van der Waals surface area (Å²) >= 11 is 0. The number of hydrogen-bond donors (Lipinski definition) is 0. The zero-order valence-electron chi connectivity index (χ0n) is 17.9. The van der Waals surface area contributed by atoms with Crippen molar-refractivity contribution in [1.29, 1.82) is 0 Å². The van der Waals surface area contributed by atoms with E-state index in [1.54, 1.807) is 36.1 Å². The van der Waals surface area contributed by atoms with Crippen LogP contribution in [0, 0.1) is 11.6 Å². The van der Waals surface area contributed by atoms with E-state index in [0.717, 1.165) is 12.4 Å². The highest BCUT2D eigenvalue weighted by Crippen LogP contribution is 2.32. The van der Waals surface area contributed by atoms with Crippen molar-refractivity contribution >= 4 is 5.91 Å². The summed E-state index contributed by atoms with van der Waals surface area (Å²) in [4.78, 5) is 26.3. The van der Waals surface area contributed by atoms with E-state index in [1.807, 2.05) is 0 Å². The third-order valence-electron chi connectivity index (χ3n) is 5.59. The molecule has 0 spiro atoms. The Morgan fingerprint density at radius 3 is 2.47 bits per heavy atom. The van der Waals surface area contributed by atoms with Gasteiger partial charge in [-0.2, -0.15) is 13.2 Å². The second kappa shape index (κ2) is 9.32. The Balaban J connectivity index is 1.56. The molecule has 1 aliphatic rings. The Kier molecular flexibility index (Phi) is 6.45. The van der Waals surface area contributed by atoms with Crippen LogP contribution in [0.15, 0.2) is 48.9 Å². The van der Waals surface area contributed by atoms with Crippen molar-refractivity contribution in [1.82, 2.24) is 19.9 Å². The molecule has 0 radical (unpaired) electrons. The van der Waals surface area contributed by atoms with Gasteiger partial charge in [0.05, 0.1) is 29.6 Å². The van der Waals surface area contributed by atoms with Gasteiger partial charge < -0.3 is 9.64 Å². The highest BCUT2D eigenvalue weighted by Gasteiger charge is 2.36. The fraction of sp³-hybridized carbons (Fsp3) is 0.304. The van der Waals surface area contributed by atoms with Gasteiger partial charge in [0.25, 0.3) is 11.8 Å². The molecular weight excluding hydrogens is 459 g/mol. The minimum atomic E-state index is -4.73. The predicted octanol–water partition coefficient (Wildman–Crippen LogP) is 4.91. The summed E-state index contributed by atoms with van der Waals surface area (Å²) in [6.07, 6.45) is -1.92. The van der Waals surface area contributed by atoms with Gasteiger partial charge in [-0.3, -0.25) is 4.79 Å². The van der Waals surface area contributed by atoms with Crippen molar-refractivity contribution in [2.45, 2.75) is 38.1 Å². The number of nitrogens with zero attached hydrogens (tertiary/aromatic N) is 4. The first kappa shape index (κ1) is 23.5. The van der Waals surface area contributed by atoms with Crippen molar-refractivity contribution < 1.29 is 31.5 Å². The minimum Gasteiger partial charge on any atom is -0.470 e. The molecule has 2 atom stereocenters. The number of alkyl halides is 3. The molecule has 1 aromatic carbocycles. The van der Waals surface area contributed by atoms with Gasteiger partial charge in [-0.1, -0.05) is 18.2 Å². The molecular formula is C23H19F5N4O2. The first-order chi connectivity index (χ1) is 16.1. The van der Waals surface area contributed by atoms with Crippen LogP contribution in [0.3, 0.4) is 0 Å². The van der Waals surface area contributed by atoms with Gasteiger partial charge in [-0.05, 0) is 31.9 Å². The second-order valence-electron chi connectivity index (χ2n) is 7.82. The summed E-state index contributed by atoms with van der Waals surface area (Å²) in [5, 5.41) is 0. The van der Waals surface area contributed by atoms with Crippen molar-refractivity contribution in [3.05, 3.63) is 71.7 Å². The lowest BCUT2D eigenvalue weighted by Gasteiger charge is -2.39. The molecule has 1 saturated heterocycles. The maximum atomic E-state index is 14.2. The van der Waals surface area contributed by atoms with Crippen LogP contribution in [0.5, 0.6) is 5.88 Å². The molecule has 0 bridgehead atoms. The zero-order valence-corrected chi connectivity index (χ0v) is 17.9. The number of hydrogen-bond acceptors (Lipinski definition) is 5. The van der Waals surface area contributed by atoms with E-state index in [0.29, 0.717) is 42.8 Å². The average molecular weight is 478 g/mol. The summed E-state index contributed by atoms with van der Waals surface area (Å²) in [6.45, 7) is 2.10. The van der Waals surface area contributed by atoms with Gasteiger partial charge in [0.15, 0.2) is 17.5 Å². The van der Waals surface area contributed by atoms with Crippen LogP contribution in [0.1, 0.15) is 35.7 Å². The molecule has 6 nitrogen and oxygen atoms in total. The number of aromatic nitrogens is 3. The number of carbonyl (C=O) groups excluding carboxylic acids is 1. The molecule has 3 aromatic rings. The molecule has 0 aliphatic carbocycles. The van der Waals surface area contributed by atoms with E-state index in [1.165, 1.54) is 0 Å². The first-order valence-electron chi connectivity index (χ1n) is 10.4. The molecule has 2 aromatic heterocycles. The number of likely N-dealkylation sites (tertiary alicyclic amines) is 1.